The van der Waals surface area contributed by atoms with Crippen molar-refractivity contribution in [2.24, 2.45) is 5.73 Å². The van der Waals surface area contributed by atoms with E-state index in [4.69, 9.17) is 22.0 Å². The Morgan fingerprint density at radius 1 is 0.978 bits per heavy atom. The van der Waals surface area contributed by atoms with Gasteiger partial charge in [-0.15, -0.1) is 0 Å². The van der Waals surface area contributed by atoms with E-state index in [2.05, 4.69) is 54.3 Å². The molecule has 236 valence electrons. The number of nitrogens with zero attached hydrogens (tertiary/aromatic N) is 6. The number of primary amides is 1. The third kappa shape index (κ3) is 7.17. The molecule has 3 saturated heterocycles. The van der Waals surface area contributed by atoms with Gasteiger partial charge in [0.05, 0.1) is 6.57 Å². The summed E-state index contributed by atoms with van der Waals surface area (Å²) in [6.45, 7) is 15.4. The normalized spacial score (nSPS) is 18.8. The monoisotopic (exact) mass is 613 g/mol. The topological polar surface area (TPSA) is 116 Å². The maximum Gasteiger partial charge on any atom is 0.271 e. The number of benzene rings is 2. The predicted octanol–water partition coefficient (Wildman–Crippen LogP) is 4.48. The lowest BCUT2D eigenvalue weighted by atomic mass is 10.0. The SMILES string of the molecule is [C-]#[N+]c1ccc(F)cc1-c1nc(C(N)=O)c(Nc2ccc(N3CCC(N4CCN(C)CC4)CC3)cc2)nc1NC1CCOCC1. The number of amides is 1. The average molecular weight is 614 g/mol. The van der Waals surface area contributed by atoms with Crippen LogP contribution in [0.1, 0.15) is 36.2 Å². The van der Waals surface area contributed by atoms with Crippen LogP contribution in [0, 0.1) is 12.4 Å². The average Bonchev–Trinajstić information content (AvgIpc) is 3.06. The van der Waals surface area contributed by atoms with Crippen molar-refractivity contribution < 1.29 is 13.9 Å². The summed E-state index contributed by atoms with van der Waals surface area (Å²) < 4.78 is 19.9. The number of likely N-dealkylation sites (N-methyl/N-ethyl adjacent to an activating group) is 1. The van der Waals surface area contributed by atoms with Gasteiger partial charge in [-0.1, -0.05) is 6.07 Å². The van der Waals surface area contributed by atoms with Gasteiger partial charge in [-0.05, 0) is 69.1 Å². The van der Waals surface area contributed by atoms with Crippen LogP contribution in [0.25, 0.3) is 16.1 Å². The molecule has 0 unspecified atom stereocenters. The molecule has 4 N–H and O–H groups in total. The molecule has 0 spiro atoms. The van der Waals surface area contributed by atoms with Crippen molar-refractivity contribution in [3.8, 4) is 11.3 Å². The summed E-state index contributed by atoms with van der Waals surface area (Å²) in [5.41, 5.74) is 8.18. The summed E-state index contributed by atoms with van der Waals surface area (Å²) in [5.74, 6) is -0.792. The highest BCUT2D eigenvalue weighted by atomic mass is 19.1. The molecule has 11 nitrogen and oxygen atoms in total. The lowest BCUT2D eigenvalue weighted by Gasteiger charge is -2.42. The Morgan fingerprint density at radius 2 is 1.69 bits per heavy atom. The van der Waals surface area contributed by atoms with Crippen molar-refractivity contribution in [2.75, 3.05) is 75.1 Å². The van der Waals surface area contributed by atoms with Gasteiger partial charge in [-0.3, -0.25) is 9.69 Å². The molecule has 1 amide bonds. The van der Waals surface area contributed by atoms with Crippen LogP contribution in [0.3, 0.4) is 0 Å². The number of halogens is 1. The quantitative estimate of drug-likeness (QED) is 0.316. The van der Waals surface area contributed by atoms with Gasteiger partial charge in [0.25, 0.3) is 5.91 Å². The lowest BCUT2D eigenvalue weighted by Crippen LogP contribution is -2.52. The molecule has 4 heterocycles. The number of hydrogen-bond acceptors (Lipinski definition) is 9. The summed E-state index contributed by atoms with van der Waals surface area (Å²) >= 11 is 0. The fourth-order valence-corrected chi connectivity index (χ4v) is 6.38. The minimum absolute atomic E-state index is 0.0312. The van der Waals surface area contributed by atoms with Crippen LogP contribution in [0.2, 0.25) is 0 Å². The Labute approximate surface area is 263 Å². The minimum atomic E-state index is -0.788. The second kappa shape index (κ2) is 13.8. The first-order chi connectivity index (χ1) is 21.9. The highest BCUT2D eigenvalue weighted by Crippen LogP contribution is 2.37. The molecule has 0 atom stereocenters. The van der Waals surface area contributed by atoms with Crippen molar-refractivity contribution in [1.29, 1.82) is 0 Å². The number of hydrogen-bond donors (Lipinski definition) is 3. The predicted molar refractivity (Wildman–Crippen MR) is 174 cm³/mol. The fraction of sp³-hybridized carbons (Fsp3) is 0.455. The van der Waals surface area contributed by atoms with Crippen LogP contribution in [0.4, 0.5) is 33.1 Å². The van der Waals surface area contributed by atoms with Gasteiger partial charge in [0.1, 0.15) is 11.5 Å². The number of piperazine rings is 1. The van der Waals surface area contributed by atoms with E-state index in [0.29, 0.717) is 25.1 Å². The molecule has 3 aliphatic heterocycles. The van der Waals surface area contributed by atoms with Crippen molar-refractivity contribution in [3.05, 3.63) is 65.4 Å². The fourth-order valence-electron chi connectivity index (χ4n) is 6.38. The van der Waals surface area contributed by atoms with Gasteiger partial charge < -0.3 is 30.9 Å². The number of nitrogens with two attached hydrogens (primary N) is 1. The van der Waals surface area contributed by atoms with E-state index in [9.17, 15) is 9.18 Å². The van der Waals surface area contributed by atoms with Crippen LogP contribution >= 0.6 is 0 Å². The maximum absolute atomic E-state index is 14.4. The van der Waals surface area contributed by atoms with Crippen LogP contribution in [-0.4, -0.2) is 97.3 Å². The number of anilines is 4. The molecule has 3 aromatic rings. The van der Waals surface area contributed by atoms with Crippen LogP contribution in [0.5, 0.6) is 0 Å². The summed E-state index contributed by atoms with van der Waals surface area (Å²) in [4.78, 5) is 33.0. The van der Waals surface area contributed by atoms with E-state index < -0.39 is 11.7 Å². The number of carbonyl (C=O) groups excluding carboxylic acids is 1. The zero-order valence-electron chi connectivity index (χ0n) is 25.6. The van der Waals surface area contributed by atoms with Gasteiger partial charge in [0.15, 0.2) is 23.0 Å². The van der Waals surface area contributed by atoms with Crippen LogP contribution < -0.4 is 21.3 Å². The van der Waals surface area contributed by atoms with E-state index >= 15 is 0 Å². The second-order valence-corrected chi connectivity index (χ2v) is 12.0. The maximum atomic E-state index is 14.4. The van der Waals surface area contributed by atoms with E-state index in [0.717, 1.165) is 76.3 Å². The molecule has 45 heavy (non-hydrogen) atoms. The first-order valence-electron chi connectivity index (χ1n) is 15.7. The number of carbonyl (C=O) groups is 1. The smallest absolute Gasteiger partial charge is 0.271 e. The zero-order chi connectivity index (χ0) is 31.3. The molecule has 2 aromatic carbocycles. The molecule has 3 fully saturated rings. The number of aromatic nitrogens is 2. The Hall–Kier alpha value is -4.31. The number of ether oxygens (including phenoxy) is 1. The summed E-state index contributed by atoms with van der Waals surface area (Å²) in [5, 5.41) is 6.64. The molecule has 0 radical (unpaired) electrons. The Kier molecular flexibility index (Phi) is 9.39. The minimum Gasteiger partial charge on any atom is -0.381 e. The van der Waals surface area contributed by atoms with E-state index in [1.54, 1.807) is 0 Å². The molecule has 12 heteroatoms. The van der Waals surface area contributed by atoms with Gasteiger partial charge in [0.2, 0.25) is 0 Å². The molecule has 3 aliphatic rings. The van der Waals surface area contributed by atoms with Gasteiger partial charge >= 0.3 is 0 Å². The van der Waals surface area contributed by atoms with Gasteiger partial charge in [-0.2, -0.15) is 0 Å². The van der Waals surface area contributed by atoms with Crippen molar-refractivity contribution in [2.45, 2.75) is 37.8 Å². The number of nitrogens with one attached hydrogen (secondary N) is 2. The highest BCUT2D eigenvalue weighted by molar-refractivity contribution is 5.98. The van der Waals surface area contributed by atoms with E-state index in [1.165, 1.54) is 18.2 Å². The van der Waals surface area contributed by atoms with Gasteiger partial charge in [-0.25, -0.2) is 19.2 Å². The first kappa shape index (κ1) is 30.7. The van der Waals surface area contributed by atoms with Crippen LogP contribution in [-0.2, 0) is 4.74 Å². The lowest BCUT2D eigenvalue weighted by molar-refractivity contribution is 0.0904. The molecule has 6 rings (SSSR count). The van der Waals surface area contributed by atoms with Gasteiger partial charge in [0, 0.05) is 81.5 Å². The molecule has 1 aromatic heterocycles. The zero-order valence-corrected chi connectivity index (χ0v) is 25.6. The van der Waals surface area contributed by atoms with Crippen molar-refractivity contribution >= 4 is 34.6 Å². The van der Waals surface area contributed by atoms with Crippen molar-refractivity contribution in [3.63, 3.8) is 0 Å². The highest BCUT2D eigenvalue weighted by Gasteiger charge is 2.27. The molecule has 0 saturated carbocycles. The largest absolute Gasteiger partial charge is 0.381 e. The summed E-state index contributed by atoms with van der Waals surface area (Å²) in [6.07, 6.45) is 3.79. The van der Waals surface area contributed by atoms with Crippen LogP contribution in [0.15, 0.2) is 42.5 Å². The number of piperidine rings is 1. The number of rotatable bonds is 8. The standard InChI is InChI=1S/C33H40FN9O2/c1-36-28-8-3-22(34)21-27(28)29-32(38-24-11-19-45-20-12-24)40-33(30(39-29)31(35)44)37-23-4-6-25(7-5-23)42-13-9-26(10-14-42)43-17-15-41(2)16-18-43/h3-8,21,24,26H,9-20H2,2H3,(H2,35,44)(H2,37,38,40). The first-order valence-corrected chi connectivity index (χ1v) is 15.7. The van der Waals surface area contributed by atoms with Crippen molar-refractivity contribution in [1.82, 2.24) is 19.8 Å². The van der Waals surface area contributed by atoms with E-state index in [-0.39, 0.29) is 34.5 Å². The van der Waals surface area contributed by atoms with E-state index in [1.807, 2.05) is 12.1 Å². The third-order valence-corrected chi connectivity index (χ3v) is 9.04. The molecular weight excluding hydrogens is 573 g/mol. The molecular formula is C33H40FN9O2. The second-order valence-electron chi connectivity index (χ2n) is 12.0. The third-order valence-electron chi connectivity index (χ3n) is 9.04. The Morgan fingerprint density at radius 3 is 2.36 bits per heavy atom. The Balaban J connectivity index is 1.23. The molecule has 0 bridgehead atoms. The summed E-state index contributed by atoms with van der Waals surface area (Å²) in [6, 6.07) is 12.6. The molecule has 0 aliphatic carbocycles. The summed E-state index contributed by atoms with van der Waals surface area (Å²) in [7, 11) is 2.19. The Bertz CT molecular complexity index is 1540.